The molecule has 1 aliphatic heterocycles. The van der Waals surface area contributed by atoms with E-state index >= 15 is 0 Å². The van der Waals surface area contributed by atoms with Crippen molar-refractivity contribution in [1.82, 2.24) is 19.9 Å². The zero-order valence-corrected chi connectivity index (χ0v) is 18.5. The van der Waals surface area contributed by atoms with E-state index in [2.05, 4.69) is 39.2 Å². The van der Waals surface area contributed by atoms with Gasteiger partial charge >= 0.3 is 0 Å². The highest BCUT2D eigenvalue weighted by molar-refractivity contribution is 5.84. The number of carbonyl (C=O) groups excluding carboxylic acids is 1. The van der Waals surface area contributed by atoms with E-state index in [4.69, 9.17) is 9.26 Å². The largest absolute Gasteiger partial charge is 0.497 e. The van der Waals surface area contributed by atoms with Crippen molar-refractivity contribution in [2.45, 2.75) is 20.0 Å². The molecule has 0 unspecified atom stereocenters. The summed E-state index contributed by atoms with van der Waals surface area (Å²) in [5.74, 6) is 1.84. The van der Waals surface area contributed by atoms with Crippen LogP contribution in [0.2, 0.25) is 0 Å². The third-order valence-electron chi connectivity index (χ3n) is 5.84. The molecule has 0 saturated carbocycles. The van der Waals surface area contributed by atoms with Crippen molar-refractivity contribution in [2.75, 3.05) is 46.9 Å². The summed E-state index contributed by atoms with van der Waals surface area (Å²) in [4.78, 5) is 19.2. The molecule has 2 aromatic carbocycles. The molecular formula is C24H30N4O3. The second-order valence-corrected chi connectivity index (χ2v) is 8.28. The lowest BCUT2D eigenvalue weighted by Gasteiger charge is -2.34. The number of likely N-dealkylation sites (N-methyl/N-ethyl adjacent to an activating group) is 1. The van der Waals surface area contributed by atoms with E-state index in [9.17, 15) is 4.79 Å². The van der Waals surface area contributed by atoms with Gasteiger partial charge in [-0.05, 0) is 41.5 Å². The van der Waals surface area contributed by atoms with Crippen LogP contribution in [0.1, 0.15) is 17.0 Å². The zero-order valence-electron chi connectivity index (χ0n) is 18.5. The van der Waals surface area contributed by atoms with E-state index in [1.165, 1.54) is 0 Å². The Labute approximate surface area is 183 Å². The van der Waals surface area contributed by atoms with Crippen molar-refractivity contribution in [3.8, 4) is 5.75 Å². The lowest BCUT2D eigenvalue weighted by Crippen LogP contribution is -2.49. The van der Waals surface area contributed by atoms with Crippen LogP contribution in [0.15, 0.2) is 47.0 Å². The molecule has 2 heterocycles. The fraction of sp³-hybridized carbons (Fsp3) is 0.417. The van der Waals surface area contributed by atoms with Crippen molar-refractivity contribution in [2.24, 2.45) is 0 Å². The number of aryl methyl sites for hydroxylation is 1. The van der Waals surface area contributed by atoms with Gasteiger partial charge in [0, 0.05) is 52.4 Å². The summed E-state index contributed by atoms with van der Waals surface area (Å²) in [7, 11) is 3.55. The number of carbonyl (C=O) groups is 1. The number of benzene rings is 2. The molecule has 1 saturated heterocycles. The molecule has 1 aliphatic rings. The average molecular weight is 423 g/mol. The highest BCUT2D eigenvalue weighted by atomic mass is 16.5. The number of rotatable bonds is 7. The summed E-state index contributed by atoms with van der Waals surface area (Å²) < 4.78 is 10.4. The lowest BCUT2D eigenvalue weighted by molar-refractivity contribution is -0.132. The molecule has 1 aromatic heterocycles. The van der Waals surface area contributed by atoms with Gasteiger partial charge in [-0.25, -0.2) is 0 Å². The highest BCUT2D eigenvalue weighted by Crippen LogP contribution is 2.22. The molecule has 0 atom stereocenters. The first kappa shape index (κ1) is 21.3. The second kappa shape index (κ2) is 9.49. The number of piperazine rings is 1. The van der Waals surface area contributed by atoms with Gasteiger partial charge in [-0.1, -0.05) is 23.4 Å². The molecule has 7 nitrogen and oxygen atoms in total. The zero-order chi connectivity index (χ0) is 21.8. The number of methoxy groups -OCH3 is 1. The van der Waals surface area contributed by atoms with E-state index in [0.717, 1.165) is 66.3 Å². The molecule has 0 bridgehead atoms. The van der Waals surface area contributed by atoms with E-state index in [-0.39, 0.29) is 5.91 Å². The quantitative estimate of drug-likeness (QED) is 0.584. The van der Waals surface area contributed by atoms with Gasteiger partial charge in [0.1, 0.15) is 11.5 Å². The van der Waals surface area contributed by atoms with E-state index < -0.39 is 0 Å². The molecule has 3 aromatic rings. The van der Waals surface area contributed by atoms with E-state index in [0.29, 0.717) is 13.1 Å². The standard InChI is InChI=1S/C24H30N4O3/c1-18-12-22(25-31-18)16-27-8-10-28(11-9-27)17-24(29)26(2)15-19-4-5-21-14-23(30-3)7-6-20(21)13-19/h4-7,12-14H,8-11,15-17H2,1-3H3. The minimum Gasteiger partial charge on any atom is -0.497 e. The normalized spacial score (nSPS) is 15.3. The third kappa shape index (κ3) is 5.42. The number of ether oxygens (including phenoxy) is 1. The SMILES string of the molecule is COc1ccc2cc(CN(C)C(=O)CN3CCN(Cc4cc(C)on4)CC3)ccc2c1. The molecule has 31 heavy (non-hydrogen) atoms. The molecule has 0 aliphatic carbocycles. The predicted octanol–water partition coefficient (Wildman–Crippen LogP) is 2.92. The smallest absolute Gasteiger partial charge is 0.236 e. The fourth-order valence-electron chi connectivity index (χ4n) is 4.00. The van der Waals surface area contributed by atoms with Gasteiger partial charge < -0.3 is 14.2 Å². The Bertz CT molecular complexity index is 1040. The van der Waals surface area contributed by atoms with Crippen molar-refractivity contribution in [3.05, 3.63) is 59.5 Å². The summed E-state index contributed by atoms with van der Waals surface area (Å²) in [6.45, 7) is 7.39. The molecule has 0 spiro atoms. The van der Waals surface area contributed by atoms with Crippen LogP contribution in [0.4, 0.5) is 0 Å². The minimum absolute atomic E-state index is 0.149. The molecule has 0 radical (unpaired) electrons. The number of hydrogen-bond donors (Lipinski definition) is 0. The van der Waals surface area contributed by atoms with Crippen molar-refractivity contribution in [1.29, 1.82) is 0 Å². The maximum atomic E-state index is 12.8. The minimum atomic E-state index is 0.149. The summed E-state index contributed by atoms with van der Waals surface area (Å²) >= 11 is 0. The van der Waals surface area contributed by atoms with Gasteiger partial charge in [0.05, 0.1) is 19.3 Å². The van der Waals surface area contributed by atoms with Gasteiger partial charge in [-0.3, -0.25) is 14.6 Å². The van der Waals surface area contributed by atoms with Crippen LogP contribution in [0, 0.1) is 6.92 Å². The third-order valence-corrected chi connectivity index (χ3v) is 5.84. The topological polar surface area (TPSA) is 62.1 Å². The van der Waals surface area contributed by atoms with Crippen molar-refractivity contribution >= 4 is 16.7 Å². The van der Waals surface area contributed by atoms with E-state index in [1.54, 1.807) is 7.11 Å². The molecule has 7 heteroatoms. The van der Waals surface area contributed by atoms with Crippen LogP contribution in [0.25, 0.3) is 10.8 Å². The summed E-state index contributed by atoms with van der Waals surface area (Å²) in [6.07, 6.45) is 0. The lowest BCUT2D eigenvalue weighted by atomic mass is 10.1. The number of nitrogens with zero attached hydrogens (tertiary/aromatic N) is 4. The first-order chi connectivity index (χ1) is 15.0. The molecular weight excluding hydrogens is 392 g/mol. The predicted molar refractivity (Wildman–Crippen MR) is 120 cm³/mol. The molecule has 1 amide bonds. The fourth-order valence-corrected chi connectivity index (χ4v) is 4.00. The van der Waals surface area contributed by atoms with Crippen LogP contribution in [0.3, 0.4) is 0 Å². The Hall–Kier alpha value is -2.90. The number of fused-ring (bicyclic) bond motifs is 1. The van der Waals surface area contributed by atoms with Crippen LogP contribution in [0.5, 0.6) is 5.75 Å². The van der Waals surface area contributed by atoms with Crippen molar-refractivity contribution < 1.29 is 14.1 Å². The van der Waals surface area contributed by atoms with Crippen molar-refractivity contribution in [3.63, 3.8) is 0 Å². The monoisotopic (exact) mass is 422 g/mol. The van der Waals surface area contributed by atoms with Gasteiger partial charge in [0.15, 0.2) is 0 Å². The van der Waals surface area contributed by atoms with Gasteiger partial charge in [0.2, 0.25) is 5.91 Å². The van der Waals surface area contributed by atoms with Crippen LogP contribution in [-0.2, 0) is 17.9 Å². The van der Waals surface area contributed by atoms with E-state index in [1.807, 2.05) is 37.1 Å². The molecule has 4 rings (SSSR count). The Kier molecular flexibility index (Phi) is 6.53. The number of aromatic nitrogens is 1. The average Bonchev–Trinajstić information content (AvgIpc) is 3.19. The first-order valence-corrected chi connectivity index (χ1v) is 10.7. The Morgan fingerprint density at radius 2 is 1.77 bits per heavy atom. The number of amides is 1. The molecule has 1 fully saturated rings. The maximum absolute atomic E-state index is 12.8. The summed E-state index contributed by atoms with van der Waals surface area (Å²) in [6, 6.07) is 14.3. The molecule has 164 valence electrons. The Balaban J connectivity index is 1.26. The highest BCUT2D eigenvalue weighted by Gasteiger charge is 2.21. The van der Waals surface area contributed by atoms with Gasteiger partial charge in [-0.15, -0.1) is 0 Å². The molecule has 0 N–H and O–H groups in total. The maximum Gasteiger partial charge on any atom is 0.236 e. The van der Waals surface area contributed by atoms with Crippen LogP contribution in [-0.4, -0.2) is 72.6 Å². The first-order valence-electron chi connectivity index (χ1n) is 10.7. The number of hydrogen-bond acceptors (Lipinski definition) is 6. The van der Waals surface area contributed by atoms with Crippen LogP contribution >= 0.6 is 0 Å². The second-order valence-electron chi connectivity index (χ2n) is 8.28. The van der Waals surface area contributed by atoms with Crippen LogP contribution < -0.4 is 4.74 Å². The van der Waals surface area contributed by atoms with Gasteiger partial charge in [-0.2, -0.15) is 0 Å². The van der Waals surface area contributed by atoms with Gasteiger partial charge in [0.25, 0.3) is 0 Å². The Morgan fingerprint density at radius 1 is 1.06 bits per heavy atom. The Morgan fingerprint density at radius 3 is 2.48 bits per heavy atom. The summed E-state index contributed by atoms with van der Waals surface area (Å²) in [5.41, 5.74) is 2.09. The summed E-state index contributed by atoms with van der Waals surface area (Å²) in [5, 5.41) is 6.36.